The van der Waals surface area contributed by atoms with E-state index in [1.165, 1.54) is 4.90 Å². The zero-order valence-electron chi connectivity index (χ0n) is 12.5. The number of nitrogens with zero attached hydrogens (tertiary/aromatic N) is 4. The molecule has 2 aliphatic heterocycles. The lowest BCUT2D eigenvalue weighted by Crippen LogP contribution is -2.36. The first-order valence-corrected chi connectivity index (χ1v) is 9.45. The molecule has 0 spiro atoms. The monoisotopic (exact) mass is 400 g/mol. The maximum atomic E-state index is 12.4. The summed E-state index contributed by atoms with van der Waals surface area (Å²) in [7, 11) is -10.3. The molecule has 0 unspecified atom stereocenters. The van der Waals surface area contributed by atoms with Crippen molar-refractivity contribution in [1.29, 1.82) is 0 Å². The molecular weight excluding hydrogens is 388 g/mol. The van der Waals surface area contributed by atoms with Gasteiger partial charge in [0.2, 0.25) is 11.8 Å². The van der Waals surface area contributed by atoms with Gasteiger partial charge >= 0.3 is 26.8 Å². The van der Waals surface area contributed by atoms with Crippen molar-refractivity contribution < 1.29 is 43.6 Å². The van der Waals surface area contributed by atoms with Crippen LogP contribution in [0, 0.1) is 6.92 Å². The number of rotatable bonds is 6. The van der Waals surface area contributed by atoms with E-state index in [0.29, 0.717) is 23.8 Å². The summed E-state index contributed by atoms with van der Waals surface area (Å²) < 4.78 is 68.6. The number of hydrogen-bond acceptors (Lipinski definition) is 11. The highest BCUT2D eigenvalue weighted by atomic mass is 32.3. The third-order valence-corrected chi connectivity index (χ3v) is 4.42. The molecule has 0 aliphatic carbocycles. The Kier molecular flexibility index (Phi) is 4.41. The van der Waals surface area contributed by atoms with Gasteiger partial charge < -0.3 is 9.32 Å². The first-order valence-electron chi connectivity index (χ1n) is 6.75. The number of aryl methyl sites for hydroxylation is 1. The van der Waals surface area contributed by atoms with Crippen LogP contribution in [0.25, 0.3) is 0 Å². The quantitative estimate of drug-likeness (QED) is 0.359. The van der Waals surface area contributed by atoms with E-state index in [0.717, 1.165) is 0 Å². The molecule has 3 rings (SSSR count). The molecule has 14 nitrogen and oxygen atoms in total. The standard InChI is InChI=1S/C9H12N4O10S2/c1-5-10-11-8(20-5)7-3-2-6-4-12(7)9(14)13(6)21-25(18,19)23-22-24(15,16)17/h6-7H,2-4H2,1H3,(H,15,16,17)/t6-,7-/m1/s1. The fourth-order valence-electron chi connectivity index (χ4n) is 2.61. The molecule has 2 atom stereocenters. The Bertz CT molecular complexity index is 880. The van der Waals surface area contributed by atoms with Gasteiger partial charge in [0.25, 0.3) is 0 Å². The van der Waals surface area contributed by atoms with Gasteiger partial charge in [-0.15, -0.1) is 14.5 Å². The SMILES string of the molecule is Cc1nnc([C@H]2CC[C@@H]3CN2C(=O)N3OS(=O)(=O)OOS(=O)(=O)O)o1. The van der Waals surface area contributed by atoms with Crippen molar-refractivity contribution in [3.05, 3.63) is 11.8 Å². The highest BCUT2D eigenvalue weighted by molar-refractivity contribution is 7.83. The molecule has 25 heavy (non-hydrogen) atoms. The Hall–Kier alpha value is -1.85. The largest absolute Gasteiger partial charge is 0.449 e. The fraction of sp³-hybridized carbons (Fsp3) is 0.667. The molecule has 140 valence electrons. The smallest absolute Gasteiger partial charge is 0.423 e. The summed E-state index contributed by atoms with van der Waals surface area (Å²) in [5.41, 5.74) is 0. The lowest BCUT2D eigenvalue weighted by molar-refractivity contribution is -0.133. The molecule has 2 fully saturated rings. The first-order chi connectivity index (χ1) is 11.6. The molecule has 2 bridgehead atoms. The zero-order valence-corrected chi connectivity index (χ0v) is 14.1. The third kappa shape index (κ3) is 3.88. The highest BCUT2D eigenvalue weighted by Crippen LogP contribution is 2.38. The molecule has 0 radical (unpaired) electrons. The number of carbonyl (C=O) groups excluding carboxylic acids is 1. The van der Waals surface area contributed by atoms with E-state index in [-0.39, 0.29) is 12.4 Å². The van der Waals surface area contributed by atoms with Crippen LogP contribution in [-0.4, -0.2) is 60.2 Å². The molecule has 1 aromatic rings. The van der Waals surface area contributed by atoms with Gasteiger partial charge in [-0.3, -0.25) is 4.55 Å². The van der Waals surface area contributed by atoms with Crippen LogP contribution in [0.2, 0.25) is 0 Å². The number of piperidine rings is 1. The van der Waals surface area contributed by atoms with Crippen molar-refractivity contribution in [3.63, 3.8) is 0 Å². The van der Waals surface area contributed by atoms with Gasteiger partial charge in [0, 0.05) is 13.5 Å². The average molecular weight is 400 g/mol. The molecule has 1 aromatic heterocycles. The number of aromatic nitrogens is 2. The number of hydrogen-bond donors (Lipinski definition) is 1. The summed E-state index contributed by atoms with van der Waals surface area (Å²) >= 11 is 0. The van der Waals surface area contributed by atoms with E-state index in [2.05, 4.69) is 23.1 Å². The highest BCUT2D eigenvalue weighted by Gasteiger charge is 2.49. The van der Waals surface area contributed by atoms with Crippen LogP contribution in [0.1, 0.15) is 30.7 Å². The summed E-state index contributed by atoms with van der Waals surface area (Å²) in [6, 6.07) is -1.99. The summed E-state index contributed by atoms with van der Waals surface area (Å²) in [5.74, 6) is 0.523. The van der Waals surface area contributed by atoms with Gasteiger partial charge in [0.15, 0.2) is 0 Å². The van der Waals surface area contributed by atoms with Crippen LogP contribution in [0.15, 0.2) is 4.42 Å². The summed E-state index contributed by atoms with van der Waals surface area (Å²) in [6.45, 7) is 1.71. The Morgan fingerprint density at radius 2 is 1.92 bits per heavy atom. The second-order valence-corrected chi connectivity index (χ2v) is 7.31. The maximum absolute atomic E-state index is 12.4. The van der Waals surface area contributed by atoms with Crippen LogP contribution >= 0.6 is 0 Å². The van der Waals surface area contributed by atoms with E-state index in [1.807, 2.05) is 0 Å². The lowest BCUT2D eigenvalue weighted by atomic mass is 10.0. The van der Waals surface area contributed by atoms with Crippen LogP contribution in [0.3, 0.4) is 0 Å². The maximum Gasteiger partial charge on any atom is 0.449 e. The Labute approximate surface area is 141 Å². The number of urea groups is 1. The normalized spacial score (nSPS) is 24.2. The molecule has 2 aliphatic rings. The second kappa shape index (κ2) is 6.15. The van der Waals surface area contributed by atoms with Crippen LogP contribution < -0.4 is 0 Å². The lowest BCUT2D eigenvalue weighted by Gasteiger charge is -2.27. The van der Waals surface area contributed by atoms with Crippen LogP contribution in [-0.2, 0) is 33.7 Å². The van der Waals surface area contributed by atoms with Crippen LogP contribution in [0.5, 0.6) is 0 Å². The van der Waals surface area contributed by atoms with Crippen molar-refractivity contribution >= 4 is 26.8 Å². The Morgan fingerprint density at radius 3 is 2.52 bits per heavy atom. The fourth-order valence-corrected chi connectivity index (χ4v) is 3.57. The molecule has 16 heteroatoms. The van der Waals surface area contributed by atoms with Crippen molar-refractivity contribution in [2.75, 3.05) is 6.54 Å². The minimum atomic E-state index is -5.19. The van der Waals surface area contributed by atoms with Crippen LogP contribution in [0.4, 0.5) is 4.79 Å². The summed E-state index contributed by atoms with van der Waals surface area (Å²) in [6.07, 6.45) is 0.767. The van der Waals surface area contributed by atoms with Gasteiger partial charge in [0.05, 0.1) is 6.04 Å². The first kappa shape index (κ1) is 18.0. The number of fused-ring (bicyclic) bond motifs is 2. The molecule has 2 amide bonds. The molecule has 0 saturated carbocycles. The van der Waals surface area contributed by atoms with Gasteiger partial charge in [0.1, 0.15) is 6.04 Å². The molecular formula is C9H12N4O10S2. The average Bonchev–Trinajstić information content (AvgIpc) is 3.03. The van der Waals surface area contributed by atoms with E-state index < -0.39 is 38.9 Å². The van der Waals surface area contributed by atoms with Gasteiger partial charge in [-0.05, 0) is 12.8 Å². The van der Waals surface area contributed by atoms with Gasteiger partial charge in [-0.25, -0.2) is 4.79 Å². The van der Waals surface area contributed by atoms with Crippen molar-refractivity contribution in [2.45, 2.75) is 31.8 Å². The molecule has 3 heterocycles. The minimum absolute atomic E-state index is 0.125. The Morgan fingerprint density at radius 1 is 1.20 bits per heavy atom. The second-order valence-electron chi connectivity index (χ2n) is 5.21. The van der Waals surface area contributed by atoms with Crippen molar-refractivity contribution in [1.82, 2.24) is 20.2 Å². The third-order valence-electron chi connectivity index (χ3n) is 3.52. The molecule has 0 aromatic carbocycles. The summed E-state index contributed by atoms with van der Waals surface area (Å²) in [4.78, 5) is 13.6. The predicted molar refractivity (Wildman–Crippen MR) is 72.5 cm³/mol. The topological polar surface area (TPSA) is 179 Å². The Balaban J connectivity index is 1.72. The number of amides is 2. The number of hydroxylamine groups is 2. The van der Waals surface area contributed by atoms with E-state index in [9.17, 15) is 21.6 Å². The van der Waals surface area contributed by atoms with E-state index in [4.69, 9.17) is 8.97 Å². The zero-order chi connectivity index (χ0) is 18.4. The minimum Gasteiger partial charge on any atom is -0.423 e. The number of carbonyl (C=O) groups is 1. The van der Waals surface area contributed by atoms with Crippen molar-refractivity contribution in [2.24, 2.45) is 0 Å². The van der Waals surface area contributed by atoms with Gasteiger partial charge in [-0.2, -0.15) is 21.9 Å². The van der Waals surface area contributed by atoms with Crippen molar-refractivity contribution in [3.8, 4) is 0 Å². The van der Waals surface area contributed by atoms with E-state index >= 15 is 0 Å². The van der Waals surface area contributed by atoms with Gasteiger partial charge in [-0.1, -0.05) is 8.67 Å². The summed E-state index contributed by atoms with van der Waals surface area (Å²) in [5, 5.41) is 8.05. The predicted octanol–water partition coefficient (Wildman–Crippen LogP) is -0.753. The molecule has 2 saturated heterocycles. The molecule has 1 N–H and O–H groups in total. The van der Waals surface area contributed by atoms with E-state index in [1.54, 1.807) is 6.92 Å².